The van der Waals surface area contributed by atoms with Crippen LogP contribution in [0.2, 0.25) is 0 Å². The number of carbonyl (C=O) groups excluding carboxylic acids is 1. The van der Waals surface area contributed by atoms with Crippen molar-refractivity contribution in [1.82, 2.24) is 14.7 Å². The van der Waals surface area contributed by atoms with Crippen molar-refractivity contribution in [2.75, 3.05) is 20.3 Å². The van der Waals surface area contributed by atoms with Gasteiger partial charge in [-0.25, -0.2) is 4.98 Å². The largest absolute Gasteiger partial charge is 0.385 e. The number of carbonyl (C=O) groups is 1. The number of hydrogen-bond acceptors (Lipinski definition) is 3. The fourth-order valence-electron chi connectivity index (χ4n) is 2.04. The highest BCUT2D eigenvalue weighted by atomic mass is 16.5. The van der Waals surface area contributed by atoms with Gasteiger partial charge in [-0.15, -0.1) is 0 Å². The number of aromatic nitrogens is 2. The first-order chi connectivity index (χ1) is 9.13. The van der Waals surface area contributed by atoms with Crippen LogP contribution in [-0.4, -0.2) is 35.6 Å². The summed E-state index contributed by atoms with van der Waals surface area (Å²) in [5.74, 6) is -0.0926. The van der Waals surface area contributed by atoms with E-state index in [1.54, 1.807) is 7.11 Å². The van der Waals surface area contributed by atoms with Crippen molar-refractivity contribution < 1.29 is 9.53 Å². The Labute approximate surface area is 112 Å². The molecule has 0 aromatic carbocycles. The van der Waals surface area contributed by atoms with Crippen molar-refractivity contribution in [1.29, 1.82) is 0 Å². The molecule has 0 unspecified atom stereocenters. The van der Waals surface area contributed by atoms with E-state index in [0.717, 1.165) is 23.3 Å². The third-order valence-corrected chi connectivity index (χ3v) is 2.98. The lowest BCUT2D eigenvalue weighted by Gasteiger charge is -2.05. The second-order valence-electron chi connectivity index (χ2n) is 4.58. The Hall–Kier alpha value is -1.88. The van der Waals surface area contributed by atoms with Crippen LogP contribution in [0, 0.1) is 13.8 Å². The second-order valence-corrected chi connectivity index (χ2v) is 4.58. The molecule has 2 rings (SSSR count). The van der Waals surface area contributed by atoms with Gasteiger partial charge in [0.1, 0.15) is 11.3 Å². The topological polar surface area (TPSA) is 55.6 Å². The molecule has 1 amide bonds. The van der Waals surface area contributed by atoms with Gasteiger partial charge in [0.25, 0.3) is 5.91 Å². The van der Waals surface area contributed by atoms with Crippen molar-refractivity contribution in [2.45, 2.75) is 20.3 Å². The minimum atomic E-state index is -0.0926. The van der Waals surface area contributed by atoms with Crippen molar-refractivity contribution in [3.05, 3.63) is 35.3 Å². The standard InChI is InChI=1S/C14H19N3O2/c1-10-5-7-17-12(9-10)16-11(2)13(17)14(18)15-6-4-8-19-3/h5,7,9H,4,6,8H2,1-3H3,(H,15,18). The molecule has 19 heavy (non-hydrogen) atoms. The van der Waals surface area contributed by atoms with Gasteiger partial charge in [0.05, 0.1) is 5.69 Å². The molecule has 0 atom stereocenters. The van der Waals surface area contributed by atoms with Gasteiger partial charge in [-0.05, 0) is 38.0 Å². The van der Waals surface area contributed by atoms with E-state index in [1.165, 1.54) is 0 Å². The molecule has 2 aromatic rings. The van der Waals surface area contributed by atoms with Crippen LogP contribution in [-0.2, 0) is 4.74 Å². The van der Waals surface area contributed by atoms with E-state index in [9.17, 15) is 4.79 Å². The van der Waals surface area contributed by atoms with Crippen molar-refractivity contribution in [3.63, 3.8) is 0 Å². The molecular formula is C14H19N3O2. The summed E-state index contributed by atoms with van der Waals surface area (Å²) < 4.78 is 6.78. The third-order valence-electron chi connectivity index (χ3n) is 2.98. The average Bonchev–Trinajstić information content (AvgIpc) is 2.69. The number of aryl methyl sites for hydroxylation is 2. The van der Waals surface area contributed by atoms with Crippen LogP contribution < -0.4 is 5.32 Å². The lowest BCUT2D eigenvalue weighted by molar-refractivity contribution is 0.0942. The van der Waals surface area contributed by atoms with Gasteiger partial charge < -0.3 is 10.1 Å². The van der Waals surface area contributed by atoms with E-state index in [1.807, 2.05) is 36.6 Å². The molecule has 2 aromatic heterocycles. The highest BCUT2D eigenvalue weighted by Crippen LogP contribution is 2.13. The number of rotatable bonds is 5. The van der Waals surface area contributed by atoms with Gasteiger partial charge in [-0.2, -0.15) is 0 Å². The predicted molar refractivity (Wildman–Crippen MR) is 73.5 cm³/mol. The summed E-state index contributed by atoms with van der Waals surface area (Å²) in [6, 6.07) is 3.94. The number of nitrogens with one attached hydrogen (secondary N) is 1. The number of methoxy groups -OCH3 is 1. The van der Waals surface area contributed by atoms with Crippen LogP contribution in [0.4, 0.5) is 0 Å². The van der Waals surface area contributed by atoms with Gasteiger partial charge >= 0.3 is 0 Å². The summed E-state index contributed by atoms with van der Waals surface area (Å²) in [6.07, 6.45) is 2.69. The van der Waals surface area contributed by atoms with Gasteiger partial charge in [-0.3, -0.25) is 9.20 Å². The fourth-order valence-corrected chi connectivity index (χ4v) is 2.04. The number of ether oxygens (including phenoxy) is 1. The van der Waals surface area contributed by atoms with Crippen LogP contribution in [0.5, 0.6) is 0 Å². The zero-order valence-electron chi connectivity index (χ0n) is 11.6. The Morgan fingerprint density at radius 2 is 2.26 bits per heavy atom. The summed E-state index contributed by atoms with van der Waals surface area (Å²) in [4.78, 5) is 16.6. The van der Waals surface area contributed by atoms with E-state index in [0.29, 0.717) is 18.8 Å². The van der Waals surface area contributed by atoms with Crippen molar-refractivity contribution in [2.24, 2.45) is 0 Å². The normalized spacial score (nSPS) is 10.9. The third kappa shape index (κ3) is 2.93. The van der Waals surface area contributed by atoms with E-state index < -0.39 is 0 Å². The van der Waals surface area contributed by atoms with Crippen molar-refractivity contribution in [3.8, 4) is 0 Å². The first-order valence-corrected chi connectivity index (χ1v) is 6.36. The number of hydrogen-bond donors (Lipinski definition) is 1. The molecule has 2 heterocycles. The molecule has 0 aliphatic rings. The number of pyridine rings is 1. The zero-order chi connectivity index (χ0) is 13.8. The molecule has 0 fully saturated rings. The molecule has 5 heteroatoms. The Kier molecular flexibility index (Phi) is 4.16. The quantitative estimate of drug-likeness (QED) is 0.834. The SMILES string of the molecule is COCCCNC(=O)c1c(C)nc2cc(C)ccn12. The molecule has 0 aliphatic carbocycles. The second kappa shape index (κ2) is 5.84. The minimum Gasteiger partial charge on any atom is -0.385 e. The monoisotopic (exact) mass is 261 g/mol. The molecule has 0 saturated heterocycles. The lowest BCUT2D eigenvalue weighted by atomic mass is 10.3. The Morgan fingerprint density at radius 3 is 3.00 bits per heavy atom. The molecule has 5 nitrogen and oxygen atoms in total. The lowest BCUT2D eigenvalue weighted by Crippen LogP contribution is -2.27. The molecule has 1 N–H and O–H groups in total. The molecule has 0 radical (unpaired) electrons. The van der Waals surface area contributed by atoms with E-state index in [4.69, 9.17) is 4.74 Å². The highest BCUT2D eigenvalue weighted by molar-refractivity contribution is 5.94. The zero-order valence-corrected chi connectivity index (χ0v) is 11.6. The maximum absolute atomic E-state index is 12.2. The van der Waals surface area contributed by atoms with Gasteiger partial charge in [0, 0.05) is 26.5 Å². The van der Waals surface area contributed by atoms with Crippen LogP contribution in [0.25, 0.3) is 5.65 Å². The summed E-state index contributed by atoms with van der Waals surface area (Å²) >= 11 is 0. The predicted octanol–water partition coefficient (Wildman–Crippen LogP) is 1.72. The molecule has 0 saturated carbocycles. The molecule has 0 aliphatic heterocycles. The summed E-state index contributed by atoms with van der Waals surface area (Å²) in [7, 11) is 1.65. The Balaban J connectivity index is 2.19. The molecule has 102 valence electrons. The molecular weight excluding hydrogens is 242 g/mol. The number of nitrogens with zero attached hydrogens (tertiary/aromatic N) is 2. The van der Waals surface area contributed by atoms with Crippen LogP contribution >= 0.6 is 0 Å². The van der Waals surface area contributed by atoms with Gasteiger partial charge in [-0.1, -0.05) is 0 Å². The van der Waals surface area contributed by atoms with Gasteiger partial charge in [0.2, 0.25) is 0 Å². The number of amides is 1. The van der Waals surface area contributed by atoms with Crippen LogP contribution in [0.1, 0.15) is 28.2 Å². The smallest absolute Gasteiger partial charge is 0.270 e. The minimum absolute atomic E-state index is 0.0926. The summed E-state index contributed by atoms with van der Waals surface area (Å²) in [5, 5.41) is 2.89. The van der Waals surface area contributed by atoms with Crippen LogP contribution in [0.3, 0.4) is 0 Å². The van der Waals surface area contributed by atoms with Crippen molar-refractivity contribution >= 4 is 11.6 Å². The summed E-state index contributed by atoms with van der Waals surface area (Å²) in [6.45, 7) is 5.11. The summed E-state index contributed by atoms with van der Waals surface area (Å²) in [5.41, 5.74) is 3.28. The Bertz CT molecular complexity index is 590. The number of fused-ring (bicyclic) bond motifs is 1. The first kappa shape index (κ1) is 13.5. The number of imidazole rings is 1. The van der Waals surface area contributed by atoms with E-state index in [2.05, 4.69) is 10.3 Å². The highest BCUT2D eigenvalue weighted by Gasteiger charge is 2.15. The Morgan fingerprint density at radius 1 is 1.47 bits per heavy atom. The average molecular weight is 261 g/mol. The van der Waals surface area contributed by atoms with Crippen LogP contribution in [0.15, 0.2) is 18.3 Å². The first-order valence-electron chi connectivity index (χ1n) is 6.36. The van der Waals surface area contributed by atoms with E-state index >= 15 is 0 Å². The molecule has 0 bridgehead atoms. The van der Waals surface area contributed by atoms with Gasteiger partial charge in [0.15, 0.2) is 0 Å². The maximum atomic E-state index is 12.2. The maximum Gasteiger partial charge on any atom is 0.270 e. The van der Waals surface area contributed by atoms with E-state index in [-0.39, 0.29) is 5.91 Å². The fraction of sp³-hybridized carbons (Fsp3) is 0.429. The molecule has 0 spiro atoms.